The van der Waals surface area contributed by atoms with Crippen LogP contribution in [0.2, 0.25) is 0 Å². The van der Waals surface area contributed by atoms with Crippen molar-refractivity contribution in [1.29, 1.82) is 0 Å². The summed E-state index contributed by atoms with van der Waals surface area (Å²) in [7, 11) is 0. The normalized spacial score (nSPS) is 23.2. The molecule has 0 saturated heterocycles. The van der Waals surface area contributed by atoms with Crippen LogP contribution in [-0.2, 0) is 15.6 Å². The van der Waals surface area contributed by atoms with Crippen molar-refractivity contribution in [2.75, 3.05) is 0 Å². The first kappa shape index (κ1) is 23.0. The summed E-state index contributed by atoms with van der Waals surface area (Å²) >= 11 is 12.8. The van der Waals surface area contributed by atoms with Crippen LogP contribution in [0.5, 0.6) is 0 Å². The molecule has 4 heteroatoms. The van der Waals surface area contributed by atoms with Gasteiger partial charge in [-0.3, -0.25) is 9.59 Å². The summed E-state index contributed by atoms with van der Waals surface area (Å²) in [4.78, 5) is 24.3. The number of halogens is 2. The highest BCUT2D eigenvalue weighted by atomic mass is 35.5. The van der Waals surface area contributed by atoms with E-state index in [4.69, 9.17) is 23.2 Å². The minimum Gasteiger partial charge on any atom is -0.297 e. The van der Waals surface area contributed by atoms with Crippen molar-refractivity contribution in [2.24, 2.45) is 5.92 Å². The lowest BCUT2D eigenvalue weighted by molar-refractivity contribution is -0.128. The molecule has 0 N–H and O–H groups in total. The van der Waals surface area contributed by atoms with Gasteiger partial charge in [-0.25, -0.2) is 0 Å². The monoisotopic (exact) mass is 444 g/mol. The molecule has 1 aliphatic carbocycles. The van der Waals surface area contributed by atoms with Crippen LogP contribution in [0.15, 0.2) is 48.5 Å². The average Bonchev–Trinajstić information content (AvgIpc) is 2.83. The molecule has 0 amide bonds. The molecule has 0 saturated carbocycles. The number of ketones is 2. The Morgan fingerprint density at radius 2 is 1.30 bits per heavy atom. The molecule has 2 unspecified atom stereocenters. The van der Waals surface area contributed by atoms with Crippen molar-refractivity contribution < 1.29 is 9.59 Å². The Balaban J connectivity index is 2.21. The lowest BCUT2D eigenvalue weighted by atomic mass is 9.62. The molecule has 2 aromatic carbocycles. The summed E-state index contributed by atoms with van der Waals surface area (Å²) in [5.41, 5.74) is 2.89. The van der Waals surface area contributed by atoms with Gasteiger partial charge in [0.25, 0.3) is 0 Å². The third-order valence-corrected chi connectivity index (χ3v) is 6.97. The molecular weight excluding hydrogens is 415 g/mol. The number of carbonyl (C=O) groups excluding carboxylic acids is 2. The van der Waals surface area contributed by atoms with E-state index in [2.05, 4.69) is 32.9 Å². The predicted octanol–water partition coefficient (Wildman–Crippen LogP) is 6.69. The Hall–Kier alpha value is -1.64. The number of hydrogen-bond acceptors (Lipinski definition) is 2. The van der Waals surface area contributed by atoms with E-state index in [1.807, 2.05) is 36.4 Å². The third kappa shape index (κ3) is 3.52. The van der Waals surface area contributed by atoms with Crippen LogP contribution in [0.3, 0.4) is 0 Å². The first-order valence-corrected chi connectivity index (χ1v) is 11.1. The van der Waals surface area contributed by atoms with Crippen LogP contribution < -0.4 is 0 Å². The van der Waals surface area contributed by atoms with Crippen LogP contribution in [0.25, 0.3) is 0 Å². The molecule has 2 atom stereocenters. The van der Waals surface area contributed by atoms with E-state index < -0.39 is 15.2 Å². The van der Waals surface area contributed by atoms with Gasteiger partial charge in [-0.1, -0.05) is 69.3 Å². The Labute approximate surface area is 190 Å². The molecule has 160 valence electrons. The van der Waals surface area contributed by atoms with Gasteiger partial charge in [-0.05, 0) is 44.4 Å². The number of rotatable bonds is 5. The molecule has 0 spiro atoms. The number of fused-ring (bicyclic) bond motifs is 1. The number of alkyl halides is 2. The predicted molar refractivity (Wildman–Crippen MR) is 125 cm³/mol. The molecule has 0 radical (unpaired) electrons. The molecule has 0 heterocycles. The van der Waals surface area contributed by atoms with E-state index in [-0.39, 0.29) is 22.9 Å². The maximum Gasteiger partial charge on any atom is 0.183 e. The van der Waals surface area contributed by atoms with E-state index in [1.54, 1.807) is 27.7 Å². The molecule has 1 aliphatic rings. The number of Topliss-reactive ketones (excluding diaryl/α,β-unsaturated/α-hetero) is 2. The Morgan fingerprint density at radius 3 is 1.77 bits per heavy atom. The van der Waals surface area contributed by atoms with Gasteiger partial charge in [0.15, 0.2) is 11.6 Å². The molecule has 2 aromatic rings. The molecular formula is C26H30Cl2O2. The molecule has 0 aromatic heterocycles. The standard InChI is InChI=1S/C26H30Cl2O2/c1-23(2)18-10-8-9-11-19(18)26(7,20(23)22(30)25(5,6)28)17-14-12-16(13-15-17)21(29)24(3,4)27/h8-15,20H,1-7H3. The van der Waals surface area contributed by atoms with Crippen molar-refractivity contribution >= 4 is 34.8 Å². The fraction of sp³-hybridized carbons (Fsp3) is 0.462. The smallest absolute Gasteiger partial charge is 0.183 e. The first-order valence-electron chi connectivity index (χ1n) is 10.3. The van der Waals surface area contributed by atoms with Gasteiger partial charge in [-0.15, -0.1) is 23.2 Å². The van der Waals surface area contributed by atoms with Crippen LogP contribution in [0, 0.1) is 5.92 Å². The fourth-order valence-electron chi connectivity index (χ4n) is 5.10. The van der Waals surface area contributed by atoms with Crippen molar-refractivity contribution in [3.63, 3.8) is 0 Å². The zero-order chi connectivity index (χ0) is 22.7. The van der Waals surface area contributed by atoms with E-state index in [1.165, 1.54) is 0 Å². The number of hydrogen-bond donors (Lipinski definition) is 0. The Bertz CT molecular complexity index is 991. The van der Waals surface area contributed by atoms with Gasteiger partial charge in [0.05, 0.1) is 4.87 Å². The molecule has 2 nitrogen and oxygen atoms in total. The van der Waals surface area contributed by atoms with Crippen LogP contribution >= 0.6 is 23.2 Å². The lowest BCUT2D eigenvalue weighted by Crippen LogP contribution is -2.48. The molecule has 3 rings (SSSR count). The highest BCUT2D eigenvalue weighted by Gasteiger charge is 2.59. The molecule has 0 aliphatic heterocycles. The van der Waals surface area contributed by atoms with Crippen LogP contribution in [0.1, 0.15) is 75.5 Å². The summed E-state index contributed by atoms with van der Waals surface area (Å²) in [6.45, 7) is 13.3. The van der Waals surface area contributed by atoms with Crippen molar-refractivity contribution in [1.82, 2.24) is 0 Å². The second kappa shape index (κ2) is 7.21. The van der Waals surface area contributed by atoms with Gasteiger partial charge in [0.1, 0.15) is 4.87 Å². The van der Waals surface area contributed by atoms with Crippen molar-refractivity contribution in [2.45, 2.75) is 69.0 Å². The quantitative estimate of drug-likeness (QED) is 0.380. The second-order valence-electron chi connectivity index (χ2n) is 10.1. The summed E-state index contributed by atoms with van der Waals surface area (Å²) in [5, 5.41) is 0. The maximum atomic E-state index is 13.6. The van der Waals surface area contributed by atoms with Crippen molar-refractivity contribution in [3.05, 3.63) is 70.8 Å². The summed E-state index contributed by atoms with van der Waals surface area (Å²) in [6.07, 6.45) is 0. The summed E-state index contributed by atoms with van der Waals surface area (Å²) < 4.78 is 0. The van der Waals surface area contributed by atoms with Gasteiger partial charge in [-0.2, -0.15) is 0 Å². The van der Waals surface area contributed by atoms with E-state index in [0.717, 1.165) is 16.7 Å². The summed E-state index contributed by atoms with van der Waals surface area (Å²) in [6, 6.07) is 15.8. The molecule has 30 heavy (non-hydrogen) atoms. The van der Waals surface area contributed by atoms with E-state index in [9.17, 15) is 9.59 Å². The van der Waals surface area contributed by atoms with Gasteiger partial charge < -0.3 is 0 Å². The van der Waals surface area contributed by atoms with E-state index in [0.29, 0.717) is 5.56 Å². The van der Waals surface area contributed by atoms with Gasteiger partial charge in [0.2, 0.25) is 0 Å². The average molecular weight is 445 g/mol. The zero-order valence-corrected chi connectivity index (χ0v) is 20.3. The number of benzene rings is 2. The van der Waals surface area contributed by atoms with E-state index >= 15 is 0 Å². The Kier molecular flexibility index (Phi) is 5.53. The summed E-state index contributed by atoms with van der Waals surface area (Å²) in [5.74, 6) is -0.446. The zero-order valence-electron chi connectivity index (χ0n) is 18.8. The first-order chi connectivity index (χ1) is 13.6. The van der Waals surface area contributed by atoms with Crippen LogP contribution in [0.4, 0.5) is 0 Å². The molecule has 0 bridgehead atoms. The van der Waals surface area contributed by atoms with Gasteiger partial charge in [0, 0.05) is 22.3 Å². The topological polar surface area (TPSA) is 34.1 Å². The minimum absolute atomic E-state index is 0.0231. The largest absolute Gasteiger partial charge is 0.297 e. The second-order valence-corrected chi connectivity index (χ2v) is 12.0. The maximum absolute atomic E-state index is 13.6. The van der Waals surface area contributed by atoms with Crippen LogP contribution in [-0.4, -0.2) is 21.3 Å². The lowest BCUT2D eigenvalue weighted by Gasteiger charge is -2.40. The highest BCUT2D eigenvalue weighted by molar-refractivity contribution is 6.37. The van der Waals surface area contributed by atoms with Gasteiger partial charge >= 0.3 is 0 Å². The third-order valence-electron chi connectivity index (χ3n) is 6.61. The molecule has 0 fully saturated rings. The SMILES string of the molecule is CC(C)(Cl)C(=O)c1ccc(C2(C)c3ccccc3C(C)(C)C2C(=O)C(C)(C)Cl)cc1. The fourth-order valence-corrected chi connectivity index (χ4v) is 5.32. The Morgan fingerprint density at radius 1 is 0.800 bits per heavy atom. The number of carbonyl (C=O) groups is 2. The minimum atomic E-state index is -0.982. The van der Waals surface area contributed by atoms with Crippen molar-refractivity contribution in [3.8, 4) is 0 Å². The highest BCUT2D eigenvalue weighted by Crippen LogP contribution is 2.58.